The number of fused-ring (bicyclic) bond motifs is 1. The van der Waals surface area contributed by atoms with Crippen LogP contribution in [0.5, 0.6) is 0 Å². The van der Waals surface area contributed by atoms with Crippen LogP contribution in [0, 0.1) is 6.92 Å². The van der Waals surface area contributed by atoms with Gasteiger partial charge in [-0.15, -0.1) is 11.3 Å². The van der Waals surface area contributed by atoms with Crippen LogP contribution < -0.4 is 10.9 Å². The van der Waals surface area contributed by atoms with Gasteiger partial charge in [0.25, 0.3) is 5.56 Å². The van der Waals surface area contributed by atoms with Crippen molar-refractivity contribution in [1.29, 1.82) is 0 Å². The van der Waals surface area contributed by atoms with Crippen LogP contribution in [-0.4, -0.2) is 28.0 Å². The van der Waals surface area contributed by atoms with Crippen molar-refractivity contribution in [1.82, 2.24) is 9.55 Å². The minimum Gasteiger partial charge on any atom is -0.462 e. The number of aryl methyl sites for hydroxylation is 1. The Morgan fingerprint density at radius 2 is 2.15 bits per heavy atom. The van der Waals surface area contributed by atoms with Crippen LogP contribution in [0.1, 0.15) is 22.2 Å². The SMILES string of the molecule is CCOC(=O)c1sc2ncn(CC(=O)Nc3cccc(Cl)c3)c(=O)c2c1C. The summed E-state index contributed by atoms with van der Waals surface area (Å²) in [4.78, 5) is 42.0. The molecule has 0 aliphatic rings. The number of esters is 1. The van der Waals surface area contributed by atoms with Gasteiger partial charge in [-0.3, -0.25) is 14.2 Å². The van der Waals surface area contributed by atoms with E-state index in [1.807, 2.05) is 0 Å². The van der Waals surface area contributed by atoms with Crippen molar-refractivity contribution in [2.45, 2.75) is 20.4 Å². The third-order valence-corrected chi connectivity index (χ3v) is 5.22. The molecule has 2 heterocycles. The van der Waals surface area contributed by atoms with E-state index in [2.05, 4.69) is 10.3 Å². The molecule has 3 rings (SSSR count). The number of amides is 1. The topological polar surface area (TPSA) is 90.3 Å². The summed E-state index contributed by atoms with van der Waals surface area (Å²) < 4.78 is 6.21. The van der Waals surface area contributed by atoms with Crippen LogP contribution >= 0.6 is 22.9 Å². The Morgan fingerprint density at radius 3 is 2.85 bits per heavy atom. The molecule has 7 nitrogen and oxygen atoms in total. The summed E-state index contributed by atoms with van der Waals surface area (Å²) in [5.74, 6) is -0.873. The average molecular weight is 406 g/mol. The Morgan fingerprint density at radius 1 is 1.37 bits per heavy atom. The molecule has 3 aromatic rings. The van der Waals surface area contributed by atoms with Gasteiger partial charge < -0.3 is 10.1 Å². The molecule has 1 N–H and O–H groups in total. The van der Waals surface area contributed by atoms with E-state index in [9.17, 15) is 14.4 Å². The van der Waals surface area contributed by atoms with Gasteiger partial charge in [-0.25, -0.2) is 9.78 Å². The van der Waals surface area contributed by atoms with Gasteiger partial charge in [-0.05, 0) is 37.6 Å². The normalized spacial score (nSPS) is 10.8. The van der Waals surface area contributed by atoms with Crippen molar-refractivity contribution < 1.29 is 14.3 Å². The highest BCUT2D eigenvalue weighted by molar-refractivity contribution is 7.20. The lowest BCUT2D eigenvalue weighted by atomic mass is 10.2. The zero-order valence-corrected chi connectivity index (χ0v) is 16.2. The zero-order valence-electron chi connectivity index (χ0n) is 14.6. The highest BCUT2D eigenvalue weighted by Crippen LogP contribution is 2.27. The summed E-state index contributed by atoms with van der Waals surface area (Å²) in [6, 6.07) is 6.71. The van der Waals surface area contributed by atoms with Crippen molar-refractivity contribution in [2.24, 2.45) is 0 Å². The molecular weight excluding hydrogens is 390 g/mol. The van der Waals surface area contributed by atoms with E-state index >= 15 is 0 Å². The predicted octanol–water partition coefficient (Wildman–Crippen LogP) is 3.24. The van der Waals surface area contributed by atoms with Crippen molar-refractivity contribution in [3.8, 4) is 0 Å². The van der Waals surface area contributed by atoms with Crippen LogP contribution in [0.2, 0.25) is 5.02 Å². The molecule has 0 aliphatic heterocycles. The first kappa shape index (κ1) is 19.1. The molecule has 140 valence electrons. The Hall–Kier alpha value is -2.71. The summed E-state index contributed by atoms with van der Waals surface area (Å²) in [5.41, 5.74) is 0.659. The summed E-state index contributed by atoms with van der Waals surface area (Å²) in [5, 5.41) is 3.49. The number of ether oxygens (including phenoxy) is 1. The lowest BCUT2D eigenvalue weighted by Gasteiger charge is -2.07. The monoisotopic (exact) mass is 405 g/mol. The molecule has 0 fully saturated rings. The van der Waals surface area contributed by atoms with Crippen LogP contribution in [-0.2, 0) is 16.1 Å². The molecule has 9 heteroatoms. The minimum absolute atomic E-state index is 0.210. The maximum atomic E-state index is 12.8. The minimum atomic E-state index is -0.484. The van der Waals surface area contributed by atoms with E-state index in [0.717, 1.165) is 11.3 Å². The van der Waals surface area contributed by atoms with Gasteiger partial charge in [-0.1, -0.05) is 17.7 Å². The van der Waals surface area contributed by atoms with E-state index in [0.29, 0.717) is 31.4 Å². The molecule has 0 saturated carbocycles. The molecular formula is C18H16ClN3O4S. The molecule has 1 aromatic carbocycles. The summed E-state index contributed by atoms with van der Waals surface area (Å²) in [6.07, 6.45) is 1.30. The molecule has 0 spiro atoms. The van der Waals surface area contributed by atoms with Crippen molar-refractivity contribution >= 4 is 50.7 Å². The molecule has 1 amide bonds. The molecule has 2 aromatic heterocycles. The number of hydrogen-bond donors (Lipinski definition) is 1. The Balaban J connectivity index is 1.88. The second-order valence-electron chi connectivity index (χ2n) is 5.69. The lowest BCUT2D eigenvalue weighted by Crippen LogP contribution is -2.27. The van der Waals surface area contributed by atoms with Gasteiger partial charge in [-0.2, -0.15) is 0 Å². The molecule has 0 unspecified atom stereocenters. The zero-order chi connectivity index (χ0) is 19.6. The Labute approximate surface area is 163 Å². The number of rotatable bonds is 5. The van der Waals surface area contributed by atoms with Gasteiger partial charge in [0, 0.05) is 10.7 Å². The van der Waals surface area contributed by atoms with Crippen LogP contribution in [0.15, 0.2) is 35.4 Å². The van der Waals surface area contributed by atoms with E-state index in [-0.39, 0.29) is 24.6 Å². The number of aromatic nitrogens is 2. The first-order chi connectivity index (χ1) is 12.9. The molecule has 0 radical (unpaired) electrons. The lowest BCUT2D eigenvalue weighted by molar-refractivity contribution is -0.116. The fourth-order valence-corrected chi connectivity index (χ4v) is 3.81. The molecule has 27 heavy (non-hydrogen) atoms. The maximum Gasteiger partial charge on any atom is 0.348 e. The number of anilines is 1. The van der Waals surface area contributed by atoms with E-state index in [4.69, 9.17) is 16.3 Å². The second kappa shape index (κ2) is 7.89. The summed E-state index contributed by atoms with van der Waals surface area (Å²) in [7, 11) is 0. The number of halogens is 1. The van der Waals surface area contributed by atoms with Gasteiger partial charge in [0.1, 0.15) is 16.3 Å². The van der Waals surface area contributed by atoms with E-state index in [1.54, 1.807) is 38.1 Å². The molecule has 0 aliphatic carbocycles. The number of hydrogen-bond acceptors (Lipinski definition) is 6. The number of carbonyl (C=O) groups is 2. The van der Waals surface area contributed by atoms with Gasteiger partial charge in [0.15, 0.2) is 0 Å². The second-order valence-corrected chi connectivity index (χ2v) is 7.13. The van der Waals surface area contributed by atoms with Crippen LogP contribution in [0.3, 0.4) is 0 Å². The fourth-order valence-electron chi connectivity index (χ4n) is 2.58. The van der Waals surface area contributed by atoms with Gasteiger partial charge >= 0.3 is 5.97 Å². The predicted molar refractivity (Wildman–Crippen MR) is 105 cm³/mol. The molecule has 0 bridgehead atoms. The van der Waals surface area contributed by atoms with Gasteiger partial charge in [0.05, 0.1) is 18.3 Å². The van der Waals surface area contributed by atoms with E-state index in [1.165, 1.54) is 10.9 Å². The first-order valence-corrected chi connectivity index (χ1v) is 9.31. The largest absolute Gasteiger partial charge is 0.462 e. The Bertz CT molecular complexity index is 1090. The van der Waals surface area contributed by atoms with Crippen molar-refractivity contribution in [3.63, 3.8) is 0 Å². The number of nitrogens with zero attached hydrogens (tertiary/aromatic N) is 2. The first-order valence-electron chi connectivity index (χ1n) is 8.11. The fraction of sp³-hybridized carbons (Fsp3) is 0.222. The molecule has 0 atom stereocenters. The Kier molecular flexibility index (Phi) is 5.57. The maximum absolute atomic E-state index is 12.8. The number of thiophene rings is 1. The third kappa shape index (κ3) is 4.01. The summed E-state index contributed by atoms with van der Waals surface area (Å²) >= 11 is 7.00. The summed E-state index contributed by atoms with van der Waals surface area (Å²) in [6.45, 7) is 3.42. The van der Waals surface area contributed by atoms with Crippen LogP contribution in [0.4, 0.5) is 5.69 Å². The quantitative estimate of drug-likeness (QED) is 0.658. The highest BCUT2D eigenvalue weighted by atomic mass is 35.5. The number of nitrogens with one attached hydrogen (secondary N) is 1. The van der Waals surface area contributed by atoms with Crippen molar-refractivity contribution in [3.05, 3.63) is 56.4 Å². The number of benzene rings is 1. The highest BCUT2D eigenvalue weighted by Gasteiger charge is 2.20. The molecule has 0 saturated heterocycles. The van der Waals surface area contributed by atoms with Crippen LogP contribution in [0.25, 0.3) is 10.2 Å². The van der Waals surface area contributed by atoms with Crippen molar-refractivity contribution in [2.75, 3.05) is 11.9 Å². The third-order valence-electron chi connectivity index (χ3n) is 3.80. The van der Waals surface area contributed by atoms with E-state index < -0.39 is 5.97 Å². The van der Waals surface area contributed by atoms with Gasteiger partial charge in [0.2, 0.25) is 5.91 Å². The number of carbonyl (C=O) groups excluding carboxylic acids is 2. The average Bonchev–Trinajstić information content (AvgIpc) is 2.95. The smallest absolute Gasteiger partial charge is 0.348 e. The standard InChI is InChI=1S/C18H16ClN3O4S/c1-3-26-18(25)15-10(2)14-16(27-15)20-9-22(17(14)24)8-13(23)21-12-6-4-5-11(19)7-12/h4-7,9H,3,8H2,1-2H3,(H,21,23).